The van der Waals surface area contributed by atoms with Crippen molar-refractivity contribution in [2.45, 2.75) is 30.0 Å². The summed E-state index contributed by atoms with van der Waals surface area (Å²) in [4.78, 5) is 0.107. The molecule has 124 valence electrons. The van der Waals surface area contributed by atoms with Gasteiger partial charge in [0.05, 0.1) is 21.7 Å². The Morgan fingerprint density at radius 1 is 1.23 bits per heavy atom. The second kappa shape index (κ2) is 6.47. The Kier molecular flexibility index (Phi) is 5.21. The van der Waals surface area contributed by atoms with Crippen LogP contribution in [0.1, 0.15) is 13.8 Å². The third kappa shape index (κ3) is 4.01. The normalized spacial score (nSPS) is 24.7. The van der Waals surface area contributed by atoms with Crippen molar-refractivity contribution in [2.75, 3.05) is 18.1 Å². The van der Waals surface area contributed by atoms with Crippen LogP contribution >= 0.6 is 11.6 Å². The van der Waals surface area contributed by atoms with E-state index in [1.54, 1.807) is 0 Å². The number of sulfone groups is 2. The standard InChI is InChI=1S/C14H20ClNO4S2/c1-10(2)7-16-13-8-21(17,18)9-14(13)22(19,20)12-5-3-11(15)4-6-12/h3-6,10,13-14,16H,7-9H2,1-2H3/t13-,14-/m0/s1. The lowest BCUT2D eigenvalue weighted by Gasteiger charge is -2.21. The van der Waals surface area contributed by atoms with Gasteiger partial charge in [0.2, 0.25) is 0 Å². The molecule has 0 bridgehead atoms. The predicted molar refractivity (Wildman–Crippen MR) is 87.7 cm³/mol. The zero-order chi connectivity index (χ0) is 16.5. The van der Waals surface area contributed by atoms with Crippen LogP contribution in [-0.4, -0.2) is 46.2 Å². The van der Waals surface area contributed by atoms with Gasteiger partial charge in [0.15, 0.2) is 19.7 Å². The van der Waals surface area contributed by atoms with Crippen LogP contribution in [0.3, 0.4) is 0 Å². The van der Waals surface area contributed by atoms with Crippen LogP contribution in [0.5, 0.6) is 0 Å². The fourth-order valence-electron chi connectivity index (χ4n) is 2.50. The maximum atomic E-state index is 12.7. The molecule has 5 nitrogen and oxygen atoms in total. The lowest BCUT2D eigenvalue weighted by Crippen LogP contribution is -2.44. The van der Waals surface area contributed by atoms with E-state index < -0.39 is 31.0 Å². The number of rotatable bonds is 5. The van der Waals surface area contributed by atoms with Crippen molar-refractivity contribution in [3.05, 3.63) is 29.3 Å². The molecule has 1 aromatic rings. The second-order valence-corrected chi connectivity index (χ2v) is 10.8. The molecule has 22 heavy (non-hydrogen) atoms. The SMILES string of the molecule is CC(C)CN[C@H]1CS(=O)(=O)C[C@@H]1S(=O)(=O)c1ccc(Cl)cc1. The van der Waals surface area contributed by atoms with Gasteiger partial charge < -0.3 is 5.32 Å². The average molecular weight is 366 g/mol. The van der Waals surface area contributed by atoms with E-state index in [9.17, 15) is 16.8 Å². The molecule has 1 aromatic carbocycles. The van der Waals surface area contributed by atoms with Crippen molar-refractivity contribution in [1.29, 1.82) is 0 Å². The van der Waals surface area contributed by atoms with E-state index in [-0.39, 0.29) is 16.4 Å². The largest absolute Gasteiger partial charge is 0.311 e. The molecule has 1 aliphatic rings. The van der Waals surface area contributed by atoms with Crippen LogP contribution < -0.4 is 5.32 Å². The predicted octanol–water partition coefficient (Wildman–Crippen LogP) is 1.52. The third-order valence-corrected chi connectivity index (χ3v) is 8.05. The highest BCUT2D eigenvalue weighted by atomic mass is 35.5. The Bertz CT molecular complexity index is 727. The molecule has 2 atom stereocenters. The Hall–Kier alpha value is -0.630. The molecular weight excluding hydrogens is 346 g/mol. The van der Waals surface area contributed by atoms with Gasteiger partial charge in [-0.05, 0) is 36.7 Å². The van der Waals surface area contributed by atoms with E-state index in [2.05, 4.69) is 5.32 Å². The van der Waals surface area contributed by atoms with Gasteiger partial charge in [-0.2, -0.15) is 0 Å². The van der Waals surface area contributed by atoms with Gasteiger partial charge in [-0.15, -0.1) is 0 Å². The molecule has 1 fully saturated rings. The summed E-state index contributed by atoms with van der Waals surface area (Å²) in [7, 11) is -7.08. The van der Waals surface area contributed by atoms with Crippen molar-refractivity contribution in [3.8, 4) is 0 Å². The first-order valence-corrected chi connectivity index (χ1v) is 10.8. The number of benzene rings is 1. The van der Waals surface area contributed by atoms with Crippen LogP contribution in [0.15, 0.2) is 29.2 Å². The van der Waals surface area contributed by atoms with E-state index in [0.717, 1.165) is 0 Å². The van der Waals surface area contributed by atoms with Gasteiger partial charge in [0.25, 0.3) is 0 Å². The monoisotopic (exact) mass is 365 g/mol. The molecular formula is C14H20ClNO4S2. The molecule has 8 heteroatoms. The number of hydrogen-bond acceptors (Lipinski definition) is 5. The minimum atomic E-state index is -3.72. The molecule has 1 heterocycles. The van der Waals surface area contributed by atoms with Crippen molar-refractivity contribution in [2.24, 2.45) is 5.92 Å². The average Bonchev–Trinajstić information content (AvgIpc) is 2.73. The summed E-state index contributed by atoms with van der Waals surface area (Å²) in [6.07, 6.45) is 0. The lowest BCUT2D eigenvalue weighted by atomic mass is 10.2. The van der Waals surface area contributed by atoms with E-state index in [1.807, 2.05) is 13.8 Å². The molecule has 0 aromatic heterocycles. The van der Waals surface area contributed by atoms with E-state index in [1.165, 1.54) is 24.3 Å². The molecule has 0 saturated carbocycles. The lowest BCUT2D eigenvalue weighted by molar-refractivity contribution is 0.480. The van der Waals surface area contributed by atoms with Crippen molar-refractivity contribution >= 4 is 31.3 Å². The molecule has 0 unspecified atom stereocenters. The van der Waals surface area contributed by atoms with Gasteiger partial charge in [0.1, 0.15) is 0 Å². The summed E-state index contributed by atoms with van der Waals surface area (Å²) >= 11 is 5.78. The van der Waals surface area contributed by atoms with Gasteiger partial charge in [-0.1, -0.05) is 25.4 Å². The number of nitrogens with one attached hydrogen (secondary N) is 1. The highest BCUT2D eigenvalue weighted by molar-refractivity contribution is 7.96. The fraction of sp³-hybridized carbons (Fsp3) is 0.571. The summed E-state index contributed by atoms with van der Waals surface area (Å²) in [6, 6.07) is 5.25. The highest BCUT2D eigenvalue weighted by Crippen LogP contribution is 2.26. The summed E-state index contributed by atoms with van der Waals surface area (Å²) < 4.78 is 49.3. The summed E-state index contributed by atoms with van der Waals surface area (Å²) in [5, 5.41) is 2.57. The Labute approximate surface area is 136 Å². The van der Waals surface area contributed by atoms with Crippen LogP contribution in [0.25, 0.3) is 0 Å². The van der Waals surface area contributed by atoms with Crippen LogP contribution in [0.4, 0.5) is 0 Å². The molecule has 0 radical (unpaired) electrons. The number of hydrogen-bond donors (Lipinski definition) is 1. The molecule has 0 amide bonds. The quantitative estimate of drug-likeness (QED) is 0.855. The van der Waals surface area contributed by atoms with E-state index in [0.29, 0.717) is 17.5 Å². The smallest absolute Gasteiger partial charge is 0.183 e. The minimum absolute atomic E-state index is 0.107. The maximum absolute atomic E-state index is 12.7. The van der Waals surface area contributed by atoms with Crippen LogP contribution in [0, 0.1) is 5.92 Å². The Balaban J connectivity index is 2.32. The van der Waals surface area contributed by atoms with Crippen molar-refractivity contribution < 1.29 is 16.8 Å². The first kappa shape index (κ1) is 17.7. The van der Waals surface area contributed by atoms with Crippen LogP contribution in [-0.2, 0) is 19.7 Å². The van der Waals surface area contributed by atoms with Gasteiger partial charge >= 0.3 is 0 Å². The van der Waals surface area contributed by atoms with Crippen molar-refractivity contribution in [3.63, 3.8) is 0 Å². The van der Waals surface area contributed by atoms with E-state index in [4.69, 9.17) is 11.6 Å². The van der Waals surface area contributed by atoms with Crippen molar-refractivity contribution in [1.82, 2.24) is 5.32 Å². The van der Waals surface area contributed by atoms with E-state index >= 15 is 0 Å². The highest BCUT2D eigenvalue weighted by Gasteiger charge is 2.45. The first-order chi connectivity index (χ1) is 10.1. The molecule has 1 N–H and O–H groups in total. The summed E-state index contributed by atoms with van der Waals surface area (Å²) in [6.45, 7) is 4.55. The maximum Gasteiger partial charge on any atom is 0.183 e. The Morgan fingerprint density at radius 3 is 2.36 bits per heavy atom. The molecule has 1 saturated heterocycles. The zero-order valence-corrected chi connectivity index (χ0v) is 14.9. The Morgan fingerprint density at radius 2 is 1.82 bits per heavy atom. The van der Waals surface area contributed by atoms with Gasteiger partial charge in [-0.25, -0.2) is 16.8 Å². The molecule has 1 aliphatic heterocycles. The minimum Gasteiger partial charge on any atom is -0.311 e. The van der Waals surface area contributed by atoms with Crippen LogP contribution in [0.2, 0.25) is 5.02 Å². The third-order valence-electron chi connectivity index (χ3n) is 3.63. The zero-order valence-electron chi connectivity index (χ0n) is 12.5. The second-order valence-electron chi connectivity index (χ2n) is 6.02. The topological polar surface area (TPSA) is 80.3 Å². The first-order valence-electron chi connectivity index (χ1n) is 7.05. The van der Waals surface area contributed by atoms with Gasteiger partial charge in [0, 0.05) is 11.1 Å². The fourth-order valence-corrected chi connectivity index (χ4v) is 7.34. The molecule has 0 aliphatic carbocycles. The number of halogens is 1. The molecule has 0 spiro atoms. The summed E-state index contributed by atoms with van der Waals surface area (Å²) in [5.74, 6) is -0.174. The molecule has 2 rings (SSSR count). The van der Waals surface area contributed by atoms with Gasteiger partial charge in [-0.3, -0.25) is 0 Å². The summed E-state index contributed by atoms with van der Waals surface area (Å²) in [5.41, 5.74) is 0.